The molecule has 3 heteroatoms. The van der Waals surface area contributed by atoms with Crippen LogP contribution >= 0.6 is 0 Å². The van der Waals surface area contributed by atoms with Crippen LogP contribution in [0, 0.1) is 5.92 Å². The summed E-state index contributed by atoms with van der Waals surface area (Å²) in [7, 11) is 1.73. The van der Waals surface area contributed by atoms with Gasteiger partial charge in [0.25, 0.3) is 0 Å². The summed E-state index contributed by atoms with van der Waals surface area (Å²) >= 11 is 0. The average molecular weight is 213 g/mol. The standard InChI is InChI=1S/C12H23NO2/c1-11(10-13-5-8-14-2)9-12-3-6-15-7-4-12/h9,12-13H,3-8,10H2,1-2H3. The Morgan fingerprint density at radius 2 is 2.20 bits per heavy atom. The van der Waals surface area contributed by atoms with Gasteiger partial charge in [0.1, 0.15) is 0 Å². The largest absolute Gasteiger partial charge is 0.383 e. The molecule has 0 radical (unpaired) electrons. The van der Waals surface area contributed by atoms with Gasteiger partial charge in [-0.05, 0) is 25.7 Å². The van der Waals surface area contributed by atoms with Crippen molar-refractivity contribution in [2.45, 2.75) is 19.8 Å². The first-order valence-corrected chi connectivity index (χ1v) is 5.77. The smallest absolute Gasteiger partial charge is 0.0587 e. The van der Waals surface area contributed by atoms with Crippen LogP contribution in [0.1, 0.15) is 19.8 Å². The Bertz CT molecular complexity index is 186. The molecule has 0 aromatic rings. The maximum atomic E-state index is 5.33. The van der Waals surface area contributed by atoms with E-state index in [1.165, 1.54) is 18.4 Å². The fourth-order valence-corrected chi connectivity index (χ4v) is 1.80. The van der Waals surface area contributed by atoms with Gasteiger partial charge in [0.15, 0.2) is 0 Å². The zero-order valence-electron chi connectivity index (χ0n) is 9.92. The van der Waals surface area contributed by atoms with Gasteiger partial charge in [0.05, 0.1) is 6.61 Å². The quantitative estimate of drug-likeness (QED) is 0.537. The van der Waals surface area contributed by atoms with E-state index in [1.807, 2.05) is 0 Å². The Morgan fingerprint density at radius 3 is 2.87 bits per heavy atom. The molecule has 1 heterocycles. The van der Waals surface area contributed by atoms with Crippen molar-refractivity contribution in [1.29, 1.82) is 0 Å². The summed E-state index contributed by atoms with van der Waals surface area (Å²) in [5.41, 5.74) is 1.43. The van der Waals surface area contributed by atoms with E-state index in [9.17, 15) is 0 Å². The van der Waals surface area contributed by atoms with E-state index in [2.05, 4.69) is 18.3 Å². The Balaban J connectivity index is 2.13. The minimum absolute atomic E-state index is 0.725. The molecule has 1 aliphatic heterocycles. The monoisotopic (exact) mass is 213 g/mol. The Morgan fingerprint density at radius 1 is 1.47 bits per heavy atom. The number of hydrogen-bond acceptors (Lipinski definition) is 3. The summed E-state index contributed by atoms with van der Waals surface area (Å²) in [6.45, 7) is 6.72. The molecule has 0 amide bonds. The normalized spacial score (nSPS) is 19.5. The molecule has 0 saturated carbocycles. The molecule has 0 atom stereocenters. The highest BCUT2D eigenvalue weighted by Gasteiger charge is 2.10. The Labute approximate surface area is 92.8 Å². The van der Waals surface area contributed by atoms with E-state index < -0.39 is 0 Å². The predicted octanol–water partition coefficient (Wildman–Crippen LogP) is 1.60. The number of methoxy groups -OCH3 is 1. The van der Waals surface area contributed by atoms with Crippen LogP contribution < -0.4 is 5.32 Å². The lowest BCUT2D eigenvalue weighted by Gasteiger charge is -2.19. The summed E-state index contributed by atoms with van der Waals surface area (Å²) in [5.74, 6) is 0.725. The van der Waals surface area contributed by atoms with E-state index in [-0.39, 0.29) is 0 Å². The van der Waals surface area contributed by atoms with E-state index in [4.69, 9.17) is 9.47 Å². The van der Waals surface area contributed by atoms with Crippen molar-refractivity contribution < 1.29 is 9.47 Å². The van der Waals surface area contributed by atoms with Gasteiger partial charge in [-0.3, -0.25) is 0 Å². The molecular formula is C12H23NO2. The van der Waals surface area contributed by atoms with Crippen molar-refractivity contribution in [3.63, 3.8) is 0 Å². The van der Waals surface area contributed by atoms with Crippen molar-refractivity contribution >= 4 is 0 Å². The fourth-order valence-electron chi connectivity index (χ4n) is 1.80. The van der Waals surface area contributed by atoms with E-state index in [0.717, 1.165) is 38.8 Å². The summed E-state index contributed by atoms with van der Waals surface area (Å²) in [6.07, 6.45) is 4.74. The Kier molecular flexibility index (Phi) is 6.64. The topological polar surface area (TPSA) is 30.5 Å². The molecule has 1 saturated heterocycles. The van der Waals surface area contributed by atoms with Gasteiger partial charge >= 0.3 is 0 Å². The zero-order chi connectivity index (χ0) is 10.9. The molecule has 0 aromatic heterocycles. The van der Waals surface area contributed by atoms with E-state index >= 15 is 0 Å². The van der Waals surface area contributed by atoms with E-state index in [1.54, 1.807) is 7.11 Å². The molecule has 0 unspecified atom stereocenters. The molecule has 88 valence electrons. The third-order valence-corrected chi connectivity index (χ3v) is 2.67. The number of ether oxygens (including phenoxy) is 2. The summed E-state index contributed by atoms with van der Waals surface area (Å²) in [4.78, 5) is 0. The van der Waals surface area contributed by atoms with E-state index in [0.29, 0.717) is 0 Å². The van der Waals surface area contributed by atoms with Gasteiger partial charge in [-0.15, -0.1) is 0 Å². The van der Waals surface area contributed by atoms with Crippen LogP contribution in [0.4, 0.5) is 0 Å². The van der Waals surface area contributed by atoms with Crippen LogP contribution in [-0.4, -0.2) is 40.0 Å². The predicted molar refractivity (Wildman–Crippen MR) is 62.0 cm³/mol. The molecule has 0 aromatic carbocycles. The molecular weight excluding hydrogens is 190 g/mol. The van der Waals surface area contributed by atoms with Crippen molar-refractivity contribution in [1.82, 2.24) is 5.32 Å². The SMILES string of the molecule is COCCNCC(C)=CC1CCOCC1. The van der Waals surface area contributed by atoms with Crippen LogP contribution in [-0.2, 0) is 9.47 Å². The maximum absolute atomic E-state index is 5.33. The first-order valence-electron chi connectivity index (χ1n) is 5.77. The minimum atomic E-state index is 0.725. The van der Waals surface area contributed by atoms with Gasteiger partial charge in [0, 0.05) is 33.4 Å². The molecule has 0 spiro atoms. The maximum Gasteiger partial charge on any atom is 0.0587 e. The number of hydrogen-bond donors (Lipinski definition) is 1. The summed E-state index contributed by atoms with van der Waals surface area (Å²) in [6, 6.07) is 0. The average Bonchev–Trinajstić information content (AvgIpc) is 2.26. The zero-order valence-corrected chi connectivity index (χ0v) is 9.92. The third kappa shape index (κ3) is 5.92. The van der Waals surface area contributed by atoms with Crippen LogP contribution in [0.3, 0.4) is 0 Å². The summed E-state index contributed by atoms with van der Waals surface area (Å²) < 4.78 is 10.3. The van der Waals surface area contributed by atoms with Crippen molar-refractivity contribution in [3.05, 3.63) is 11.6 Å². The molecule has 1 aliphatic rings. The molecule has 1 N–H and O–H groups in total. The third-order valence-electron chi connectivity index (χ3n) is 2.67. The van der Waals surface area contributed by atoms with Crippen LogP contribution in [0.15, 0.2) is 11.6 Å². The first-order chi connectivity index (χ1) is 7.33. The lowest BCUT2D eigenvalue weighted by atomic mass is 9.98. The van der Waals surface area contributed by atoms with Gasteiger partial charge < -0.3 is 14.8 Å². The minimum Gasteiger partial charge on any atom is -0.383 e. The highest BCUT2D eigenvalue weighted by atomic mass is 16.5. The molecule has 0 bridgehead atoms. The van der Waals surface area contributed by atoms with Gasteiger partial charge in [-0.1, -0.05) is 11.6 Å². The first kappa shape index (κ1) is 12.7. The number of allylic oxidation sites excluding steroid dienone is 1. The molecule has 3 nitrogen and oxygen atoms in total. The van der Waals surface area contributed by atoms with Crippen LogP contribution in [0.5, 0.6) is 0 Å². The summed E-state index contributed by atoms with van der Waals surface area (Å²) in [5, 5.41) is 3.35. The van der Waals surface area contributed by atoms with Gasteiger partial charge in [-0.25, -0.2) is 0 Å². The molecule has 1 fully saturated rings. The lowest BCUT2D eigenvalue weighted by Crippen LogP contribution is -2.22. The molecule has 15 heavy (non-hydrogen) atoms. The Hall–Kier alpha value is -0.380. The number of nitrogens with one attached hydrogen (secondary N) is 1. The number of rotatable bonds is 6. The second-order valence-electron chi connectivity index (χ2n) is 4.13. The van der Waals surface area contributed by atoms with Crippen molar-refractivity contribution in [3.8, 4) is 0 Å². The van der Waals surface area contributed by atoms with Gasteiger partial charge in [0.2, 0.25) is 0 Å². The highest BCUT2D eigenvalue weighted by Crippen LogP contribution is 2.17. The molecule has 1 rings (SSSR count). The van der Waals surface area contributed by atoms with Gasteiger partial charge in [-0.2, -0.15) is 0 Å². The fraction of sp³-hybridized carbons (Fsp3) is 0.833. The lowest BCUT2D eigenvalue weighted by molar-refractivity contribution is 0.0783. The van der Waals surface area contributed by atoms with Crippen LogP contribution in [0.2, 0.25) is 0 Å². The second-order valence-corrected chi connectivity index (χ2v) is 4.13. The van der Waals surface area contributed by atoms with Crippen molar-refractivity contribution in [2.24, 2.45) is 5.92 Å². The second kappa shape index (κ2) is 7.85. The molecule has 0 aliphatic carbocycles. The van der Waals surface area contributed by atoms with Crippen LogP contribution in [0.25, 0.3) is 0 Å². The highest BCUT2D eigenvalue weighted by molar-refractivity contribution is 5.03. The van der Waals surface area contributed by atoms with Crippen molar-refractivity contribution in [2.75, 3.05) is 40.0 Å².